The molecule has 2 aromatic rings. The molecule has 0 saturated carbocycles. The summed E-state index contributed by atoms with van der Waals surface area (Å²) in [6.45, 7) is 0. The highest BCUT2D eigenvalue weighted by molar-refractivity contribution is 5.65. The maximum Gasteiger partial charge on any atom is 0.134 e. The number of methoxy groups -OCH3 is 1. The second-order valence-electron chi connectivity index (χ2n) is 4.16. The first kappa shape index (κ1) is 10.2. The van der Waals surface area contributed by atoms with Crippen molar-refractivity contribution in [1.29, 1.82) is 0 Å². The SMILES string of the molecule is COc1ccc(-c2cc3c(o2)CCC=C3)cc1. The van der Waals surface area contributed by atoms with E-state index in [1.807, 2.05) is 24.3 Å². The van der Waals surface area contributed by atoms with E-state index in [4.69, 9.17) is 9.15 Å². The first-order chi connectivity index (χ1) is 8.36. The van der Waals surface area contributed by atoms with Crippen molar-refractivity contribution >= 4 is 6.08 Å². The van der Waals surface area contributed by atoms with E-state index in [0.29, 0.717) is 0 Å². The summed E-state index contributed by atoms with van der Waals surface area (Å²) in [4.78, 5) is 0. The summed E-state index contributed by atoms with van der Waals surface area (Å²) in [5, 5.41) is 0. The fraction of sp³-hybridized carbons (Fsp3) is 0.200. The molecule has 3 rings (SSSR count). The van der Waals surface area contributed by atoms with Crippen LogP contribution in [0.3, 0.4) is 0 Å². The molecule has 0 fully saturated rings. The zero-order chi connectivity index (χ0) is 11.7. The summed E-state index contributed by atoms with van der Waals surface area (Å²) in [5.74, 6) is 2.90. The van der Waals surface area contributed by atoms with Crippen molar-refractivity contribution in [3.63, 3.8) is 0 Å². The van der Waals surface area contributed by atoms with Gasteiger partial charge >= 0.3 is 0 Å². The summed E-state index contributed by atoms with van der Waals surface area (Å²) in [7, 11) is 1.67. The number of hydrogen-bond donors (Lipinski definition) is 0. The molecule has 0 N–H and O–H groups in total. The van der Waals surface area contributed by atoms with Crippen LogP contribution in [0, 0.1) is 0 Å². The molecule has 1 aliphatic carbocycles. The molecule has 0 amide bonds. The normalized spacial score (nSPS) is 13.5. The summed E-state index contributed by atoms with van der Waals surface area (Å²) < 4.78 is 11.0. The maximum atomic E-state index is 5.87. The number of rotatable bonds is 2. The minimum atomic E-state index is 0.866. The van der Waals surface area contributed by atoms with Crippen molar-refractivity contribution in [2.45, 2.75) is 12.8 Å². The Labute approximate surface area is 101 Å². The number of fused-ring (bicyclic) bond motifs is 1. The molecule has 0 unspecified atom stereocenters. The Kier molecular flexibility index (Phi) is 2.48. The van der Waals surface area contributed by atoms with Gasteiger partial charge in [0.2, 0.25) is 0 Å². The molecule has 0 aliphatic heterocycles. The van der Waals surface area contributed by atoms with Gasteiger partial charge in [-0.2, -0.15) is 0 Å². The van der Waals surface area contributed by atoms with Gasteiger partial charge in [-0.05, 0) is 36.8 Å². The lowest BCUT2D eigenvalue weighted by Crippen LogP contribution is -1.87. The van der Waals surface area contributed by atoms with Gasteiger partial charge in [0.05, 0.1) is 7.11 Å². The van der Waals surface area contributed by atoms with Crippen LogP contribution < -0.4 is 4.74 Å². The van der Waals surface area contributed by atoms with Crippen molar-refractivity contribution < 1.29 is 9.15 Å². The largest absolute Gasteiger partial charge is 0.497 e. The highest BCUT2D eigenvalue weighted by atomic mass is 16.5. The van der Waals surface area contributed by atoms with Gasteiger partial charge < -0.3 is 9.15 Å². The lowest BCUT2D eigenvalue weighted by atomic mass is 10.1. The second kappa shape index (κ2) is 4.13. The third-order valence-corrected chi connectivity index (χ3v) is 3.05. The van der Waals surface area contributed by atoms with Crippen molar-refractivity contribution in [2.24, 2.45) is 0 Å². The Hall–Kier alpha value is -1.96. The van der Waals surface area contributed by atoms with E-state index in [2.05, 4.69) is 18.2 Å². The van der Waals surface area contributed by atoms with Crippen LogP contribution in [0.2, 0.25) is 0 Å². The highest BCUT2D eigenvalue weighted by Crippen LogP contribution is 2.30. The van der Waals surface area contributed by atoms with Gasteiger partial charge in [0.1, 0.15) is 17.3 Å². The molecule has 86 valence electrons. The lowest BCUT2D eigenvalue weighted by Gasteiger charge is -2.01. The predicted molar refractivity (Wildman–Crippen MR) is 68.1 cm³/mol. The Balaban J connectivity index is 1.97. The second-order valence-corrected chi connectivity index (χ2v) is 4.16. The van der Waals surface area contributed by atoms with Gasteiger partial charge in [-0.15, -0.1) is 0 Å². The van der Waals surface area contributed by atoms with E-state index < -0.39 is 0 Å². The molecule has 0 spiro atoms. The standard InChI is InChI=1S/C15H14O2/c1-16-13-8-6-11(7-9-13)15-10-12-4-2-3-5-14(12)17-15/h2,4,6-10H,3,5H2,1H3. The first-order valence-electron chi connectivity index (χ1n) is 5.80. The number of ether oxygens (including phenoxy) is 1. The number of benzene rings is 1. The van der Waals surface area contributed by atoms with Crippen molar-refractivity contribution in [3.8, 4) is 17.1 Å². The molecule has 0 atom stereocenters. The topological polar surface area (TPSA) is 22.4 Å². The monoisotopic (exact) mass is 226 g/mol. The zero-order valence-corrected chi connectivity index (χ0v) is 9.77. The molecule has 0 bridgehead atoms. The van der Waals surface area contributed by atoms with E-state index in [1.165, 1.54) is 5.56 Å². The smallest absolute Gasteiger partial charge is 0.134 e. The minimum absolute atomic E-state index is 0.866. The van der Waals surface area contributed by atoms with Crippen LogP contribution in [0.4, 0.5) is 0 Å². The molecule has 2 heteroatoms. The van der Waals surface area contributed by atoms with Crippen LogP contribution in [0.25, 0.3) is 17.4 Å². The van der Waals surface area contributed by atoms with E-state index in [-0.39, 0.29) is 0 Å². The van der Waals surface area contributed by atoms with Crippen LogP contribution in [-0.4, -0.2) is 7.11 Å². The molecular weight excluding hydrogens is 212 g/mol. The van der Waals surface area contributed by atoms with Crippen LogP contribution in [-0.2, 0) is 6.42 Å². The molecular formula is C15H14O2. The summed E-state index contributed by atoms with van der Waals surface area (Å²) in [6.07, 6.45) is 6.40. The van der Waals surface area contributed by atoms with E-state index in [0.717, 1.165) is 35.7 Å². The minimum Gasteiger partial charge on any atom is -0.497 e. The Morgan fingerprint density at radius 3 is 2.71 bits per heavy atom. The summed E-state index contributed by atoms with van der Waals surface area (Å²) in [6, 6.07) is 10.0. The summed E-state index contributed by atoms with van der Waals surface area (Å²) >= 11 is 0. The van der Waals surface area contributed by atoms with Gasteiger partial charge in [-0.25, -0.2) is 0 Å². The molecule has 0 saturated heterocycles. The van der Waals surface area contributed by atoms with Crippen molar-refractivity contribution in [1.82, 2.24) is 0 Å². The molecule has 2 nitrogen and oxygen atoms in total. The van der Waals surface area contributed by atoms with Gasteiger partial charge in [0, 0.05) is 17.5 Å². The molecule has 0 radical (unpaired) electrons. The zero-order valence-electron chi connectivity index (χ0n) is 9.77. The van der Waals surface area contributed by atoms with Gasteiger partial charge in [-0.3, -0.25) is 0 Å². The van der Waals surface area contributed by atoms with Crippen LogP contribution in [0.1, 0.15) is 17.7 Å². The van der Waals surface area contributed by atoms with Gasteiger partial charge in [0.25, 0.3) is 0 Å². The van der Waals surface area contributed by atoms with Crippen LogP contribution in [0.5, 0.6) is 5.75 Å². The number of aryl methyl sites for hydroxylation is 1. The summed E-state index contributed by atoms with van der Waals surface area (Å²) in [5.41, 5.74) is 2.30. The van der Waals surface area contributed by atoms with E-state index in [1.54, 1.807) is 7.11 Å². The number of hydrogen-bond acceptors (Lipinski definition) is 2. The third-order valence-electron chi connectivity index (χ3n) is 3.05. The first-order valence-corrected chi connectivity index (χ1v) is 5.80. The number of furan rings is 1. The Bertz CT molecular complexity index is 547. The van der Waals surface area contributed by atoms with Crippen molar-refractivity contribution in [3.05, 3.63) is 47.7 Å². The third kappa shape index (κ3) is 1.86. The highest BCUT2D eigenvalue weighted by Gasteiger charge is 2.12. The van der Waals surface area contributed by atoms with Crippen molar-refractivity contribution in [2.75, 3.05) is 7.11 Å². The van der Waals surface area contributed by atoms with Gasteiger partial charge in [-0.1, -0.05) is 12.2 Å². The maximum absolute atomic E-state index is 5.87. The fourth-order valence-corrected chi connectivity index (χ4v) is 2.10. The number of allylic oxidation sites excluding steroid dienone is 1. The van der Waals surface area contributed by atoms with Crippen LogP contribution in [0.15, 0.2) is 40.8 Å². The predicted octanol–water partition coefficient (Wildman–Crippen LogP) is 3.91. The fourth-order valence-electron chi connectivity index (χ4n) is 2.10. The Morgan fingerprint density at radius 1 is 1.18 bits per heavy atom. The molecule has 1 aromatic heterocycles. The molecule has 17 heavy (non-hydrogen) atoms. The van der Waals surface area contributed by atoms with Gasteiger partial charge in [0.15, 0.2) is 0 Å². The average molecular weight is 226 g/mol. The molecule has 1 aliphatic rings. The van der Waals surface area contributed by atoms with Crippen LogP contribution >= 0.6 is 0 Å². The average Bonchev–Trinajstić information content (AvgIpc) is 2.82. The quantitative estimate of drug-likeness (QED) is 0.774. The Morgan fingerprint density at radius 2 is 2.00 bits per heavy atom. The molecule has 1 heterocycles. The lowest BCUT2D eigenvalue weighted by molar-refractivity contribution is 0.415. The van der Waals surface area contributed by atoms with E-state index in [9.17, 15) is 0 Å². The molecule has 1 aromatic carbocycles. The van der Waals surface area contributed by atoms with E-state index >= 15 is 0 Å².